The van der Waals surface area contributed by atoms with Crippen LogP contribution in [-0.4, -0.2) is 52.8 Å². The Morgan fingerprint density at radius 3 is 2.21 bits per heavy atom. The Hall–Kier alpha value is -2.68. The molecule has 1 aliphatic heterocycles. The van der Waals surface area contributed by atoms with Crippen molar-refractivity contribution in [3.63, 3.8) is 0 Å². The summed E-state index contributed by atoms with van der Waals surface area (Å²) in [7, 11) is 0. The van der Waals surface area contributed by atoms with Crippen molar-refractivity contribution in [2.75, 3.05) is 13.1 Å². The van der Waals surface area contributed by atoms with Crippen molar-refractivity contribution >= 4 is 17.5 Å². The van der Waals surface area contributed by atoms with Gasteiger partial charge in [0.05, 0.1) is 0 Å². The lowest BCUT2D eigenvalue weighted by Gasteiger charge is -2.38. The molecule has 33 heavy (non-hydrogen) atoms. The second-order valence-electron chi connectivity index (χ2n) is 8.92. The maximum Gasteiger partial charge on any atom is 0.421 e. The average Bonchev–Trinajstić information content (AvgIpc) is 2.79. The summed E-state index contributed by atoms with van der Waals surface area (Å²) in [6.45, 7) is 3.61. The third kappa shape index (κ3) is 5.29. The van der Waals surface area contributed by atoms with E-state index < -0.39 is 17.7 Å². The van der Waals surface area contributed by atoms with Crippen LogP contribution in [0.4, 0.5) is 13.2 Å². The zero-order chi connectivity index (χ0) is 24.4. The maximum atomic E-state index is 13.1. The van der Waals surface area contributed by atoms with E-state index in [1.807, 2.05) is 13.0 Å². The molecule has 1 saturated carbocycles. The van der Waals surface area contributed by atoms with E-state index in [2.05, 4.69) is 4.99 Å². The number of dihydropyridines is 1. The third-order valence-corrected chi connectivity index (χ3v) is 6.86. The minimum atomic E-state index is -4.81. The molecule has 1 fully saturated rings. The highest BCUT2D eigenvalue weighted by Gasteiger charge is 2.51. The smallest absolute Gasteiger partial charge is 0.376 e. The highest BCUT2D eigenvalue weighted by molar-refractivity contribution is 6.43. The van der Waals surface area contributed by atoms with Crippen LogP contribution >= 0.6 is 0 Å². The molecular weight excluding hydrogens is 435 g/mol. The predicted octanol–water partition coefficient (Wildman–Crippen LogP) is 3.59. The Kier molecular flexibility index (Phi) is 7.31. The zero-order valence-corrected chi connectivity index (χ0v) is 18.8. The molecule has 0 saturated heterocycles. The molecule has 9 heteroatoms. The number of carbonyl (C=O) groups is 2. The van der Waals surface area contributed by atoms with Gasteiger partial charge in [0.15, 0.2) is 5.60 Å². The molecular formula is C24H30F3N3O3. The number of hydrogen-bond acceptors (Lipinski definition) is 4. The Morgan fingerprint density at radius 2 is 1.76 bits per heavy atom. The van der Waals surface area contributed by atoms with Gasteiger partial charge in [0.25, 0.3) is 11.8 Å². The summed E-state index contributed by atoms with van der Waals surface area (Å²) in [5.74, 6) is -0.102. The van der Waals surface area contributed by atoms with E-state index in [4.69, 9.17) is 5.73 Å². The number of rotatable bonds is 6. The molecule has 2 atom stereocenters. The molecule has 1 unspecified atom stereocenters. The van der Waals surface area contributed by atoms with E-state index >= 15 is 0 Å². The zero-order valence-electron chi connectivity index (χ0n) is 18.8. The van der Waals surface area contributed by atoms with Crippen molar-refractivity contribution in [3.05, 3.63) is 47.5 Å². The highest BCUT2D eigenvalue weighted by atomic mass is 19.4. The summed E-state index contributed by atoms with van der Waals surface area (Å²) in [5, 5.41) is 9.83. The monoisotopic (exact) mass is 465 g/mol. The standard InChI is InChI=1S/C24H30F3N3O3/c1-3-30(22(32)16-4-9-18(10-5-16)23(2,33)24(25,26)27)19-11-6-15(7-12-19)17-8-13-20(21(28)31)29-14-17/h4-5,8-10,13,15,17,19,33H,3,6-7,11-12,14H2,1-2H3,(H2,28,31)/t15-,17?,19-,23-/m0/s1. The van der Waals surface area contributed by atoms with Crippen LogP contribution in [0.5, 0.6) is 0 Å². The van der Waals surface area contributed by atoms with Gasteiger partial charge >= 0.3 is 6.18 Å². The molecule has 1 aromatic carbocycles. The first kappa shape index (κ1) is 25.0. The van der Waals surface area contributed by atoms with Crippen molar-refractivity contribution in [1.82, 2.24) is 4.90 Å². The van der Waals surface area contributed by atoms with Crippen LogP contribution < -0.4 is 5.73 Å². The highest BCUT2D eigenvalue weighted by Crippen LogP contribution is 2.39. The van der Waals surface area contributed by atoms with E-state index in [0.29, 0.717) is 37.2 Å². The van der Waals surface area contributed by atoms with Gasteiger partial charge in [-0.15, -0.1) is 0 Å². The molecule has 0 spiro atoms. The number of nitrogens with zero attached hydrogens (tertiary/aromatic N) is 2. The molecule has 3 rings (SSSR count). The van der Waals surface area contributed by atoms with Gasteiger partial charge < -0.3 is 15.7 Å². The van der Waals surface area contributed by atoms with Crippen molar-refractivity contribution in [2.24, 2.45) is 22.6 Å². The minimum Gasteiger partial charge on any atom is -0.376 e. The van der Waals surface area contributed by atoms with Gasteiger partial charge in [-0.3, -0.25) is 14.6 Å². The summed E-state index contributed by atoms with van der Waals surface area (Å²) < 4.78 is 39.2. The van der Waals surface area contributed by atoms with E-state index in [1.54, 1.807) is 11.0 Å². The molecule has 180 valence electrons. The van der Waals surface area contributed by atoms with Crippen molar-refractivity contribution in [3.8, 4) is 0 Å². The quantitative estimate of drug-likeness (QED) is 0.672. The number of carbonyl (C=O) groups excluding carboxylic acids is 2. The van der Waals surface area contributed by atoms with Crippen LogP contribution in [0.2, 0.25) is 0 Å². The van der Waals surface area contributed by atoms with Crippen LogP contribution in [0.1, 0.15) is 55.5 Å². The normalized spacial score (nSPS) is 25.2. The Balaban J connectivity index is 1.62. The topological polar surface area (TPSA) is 96.0 Å². The van der Waals surface area contributed by atoms with Gasteiger partial charge in [0.1, 0.15) is 5.71 Å². The first-order chi connectivity index (χ1) is 15.5. The van der Waals surface area contributed by atoms with Gasteiger partial charge in [0.2, 0.25) is 0 Å². The Bertz CT molecular complexity index is 931. The molecule has 2 aliphatic rings. The third-order valence-electron chi connectivity index (χ3n) is 6.86. The summed E-state index contributed by atoms with van der Waals surface area (Å²) in [5.41, 5.74) is 2.57. The number of benzene rings is 1. The van der Waals surface area contributed by atoms with Crippen molar-refractivity contribution < 1.29 is 27.9 Å². The molecule has 1 aliphatic carbocycles. The van der Waals surface area contributed by atoms with Gasteiger partial charge in [-0.2, -0.15) is 13.2 Å². The number of halogens is 3. The molecule has 0 bridgehead atoms. The summed E-state index contributed by atoms with van der Waals surface area (Å²) >= 11 is 0. The fourth-order valence-corrected chi connectivity index (χ4v) is 4.67. The Morgan fingerprint density at radius 1 is 1.15 bits per heavy atom. The fraction of sp³-hybridized carbons (Fsp3) is 0.542. The summed E-state index contributed by atoms with van der Waals surface area (Å²) in [6.07, 6.45) is 2.34. The van der Waals surface area contributed by atoms with E-state index in [-0.39, 0.29) is 23.4 Å². The van der Waals surface area contributed by atoms with Gasteiger partial charge in [-0.05, 0) is 75.1 Å². The van der Waals surface area contributed by atoms with Gasteiger partial charge in [-0.1, -0.05) is 18.2 Å². The molecule has 1 heterocycles. The molecule has 2 amide bonds. The van der Waals surface area contributed by atoms with Crippen LogP contribution in [0, 0.1) is 11.8 Å². The van der Waals surface area contributed by atoms with Crippen LogP contribution in [0.25, 0.3) is 0 Å². The second-order valence-corrected chi connectivity index (χ2v) is 8.92. The van der Waals surface area contributed by atoms with Crippen LogP contribution in [-0.2, 0) is 10.4 Å². The number of alkyl halides is 3. The molecule has 1 aromatic rings. The number of hydrogen-bond donors (Lipinski definition) is 2. The predicted molar refractivity (Wildman–Crippen MR) is 119 cm³/mol. The van der Waals surface area contributed by atoms with Crippen molar-refractivity contribution in [2.45, 2.75) is 57.3 Å². The van der Waals surface area contributed by atoms with Crippen LogP contribution in [0.15, 0.2) is 41.4 Å². The van der Waals surface area contributed by atoms with Crippen LogP contribution in [0.3, 0.4) is 0 Å². The first-order valence-corrected chi connectivity index (χ1v) is 11.2. The summed E-state index contributed by atoms with van der Waals surface area (Å²) in [6, 6.07) is 5.04. The number of amides is 2. The second kappa shape index (κ2) is 9.67. The maximum absolute atomic E-state index is 13.1. The van der Waals surface area contributed by atoms with Gasteiger partial charge in [-0.25, -0.2) is 0 Å². The van der Waals surface area contributed by atoms with E-state index in [9.17, 15) is 27.9 Å². The lowest BCUT2D eigenvalue weighted by molar-refractivity contribution is -0.258. The number of aliphatic hydroxyl groups is 1. The minimum absolute atomic E-state index is 0.0500. The average molecular weight is 466 g/mol. The number of nitrogens with two attached hydrogens (primary N) is 1. The molecule has 0 aromatic heterocycles. The lowest BCUT2D eigenvalue weighted by atomic mass is 9.77. The lowest BCUT2D eigenvalue weighted by Crippen LogP contribution is -2.43. The molecule has 6 nitrogen and oxygen atoms in total. The number of aliphatic imine (C=N–C) groups is 1. The Labute approximate surface area is 191 Å². The largest absolute Gasteiger partial charge is 0.421 e. The van der Waals surface area contributed by atoms with E-state index in [0.717, 1.165) is 37.8 Å². The molecule has 3 N–H and O–H groups in total. The first-order valence-electron chi connectivity index (χ1n) is 11.2. The van der Waals surface area contributed by atoms with Crippen molar-refractivity contribution in [1.29, 1.82) is 0 Å². The van der Waals surface area contributed by atoms with Gasteiger partial charge in [0, 0.05) is 24.7 Å². The SMILES string of the molecule is CCN(C(=O)c1ccc([C@](C)(O)C(F)(F)F)cc1)[C@H]1CC[C@H](C2C=CC(C(N)=O)=NC2)CC1. The molecule has 0 radical (unpaired) electrons. The van der Waals surface area contributed by atoms with E-state index in [1.165, 1.54) is 12.1 Å². The summed E-state index contributed by atoms with van der Waals surface area (Å²) in [4.78, 5) is 30.3. The number of primary amides is 1. The fourth-order valence-electron chi connectivity index (χ4n) is 4.67.